The molecule has 16 heavy (non-hydrogen) atoms. The van der Waals surface area contributed by atoms with Gasteiger partial charge in [-0.25, -0.2) is 4.39 Å². The molecule has 6 heteroatoms. The van der Waals surface area contributed by atoms with Crippen LogP contribution in [0.5, 0.6) is 0 Å². The molecule has 0 fully saturated rings. The van der Waals surface area contributed by atoms with Gasteiger partial charge in [0.15, 0.2) is 0 Å². The standard InChI is InChI=1S/C10H10BrF4N/c11-8-3-2-7(12)6-9(8)16-5-1-4-10(13,14)15/h2-3,6,16H,1,4-5H2. The van der Waals surface area contributed by atoms with Crippen LogP contribution in [0.25, 0.3) is 0 Å². The van der Waals surface area contributed by atoms with E-state index in [4.69, 9.17) is 0 Å². The molecule has 1 nitrogen and oxygen atoms in total. The highest BCUT2D eigenvalue weighted by Crippen LogP contribution is 2.24. The first kappa shape index (κ1) is 13.3. The van der Waals surface area contributed by atoms with Gasteiger partial charge in [0.1, 0.15) is 5.82 Å². The Morgan fingerprint density at radius 3 is 2.56 bits per heavy atom. The molecule has 0 saturated heterocycles. The average Bonchev–Trinajstić information content (AvgIpc) is 2.16. The molecule has 0 aliphatic rings. The highest BCUT2D eigenvalue weighted by molar-refractivity contribution is 9.10. The zero-order chi connectivity index (χ0) is 12.2. The van der Waals surface area contributed by atoms with E-state index in [1.54, 1.807) is 0 Å². The Kier molecular flexibility index (Phi) is 4.58. The van der Waals surface area contributed by atoms with E-state index in [0.29, 0.717) is 10.2 Å². The highest BCUT2D eigenvalue weighted by atomic mass is 79.9. The van der Waals surface area contributed by atoms with E-state index < -0.39 is 18.4 Å². The summed E-state index contributed by atoms with van der Waals surface area (Å²) in [6.45, 7) is 0.154. The molecule has 0 spiro atoms. The first-order valence-electron chi connectivity index (χ1n) is 4.64. The number of halogens is 5. The maximum Gasteiger partial charge on any atom is 0.389 e. The number of benzene rings is 1. The summed E-state index contributed by atoms with van der Waals surface area (Å²) in [6.07, 6.45) is -5.01. The molecule has 1 aromatic carbocycles. The first-order valence-corrected chi connectivity index (χ1v) is 5.43. The second-order valence-corrected chi connectivity index (χ2v) is 4.12. The summed E-state index contributed by atoms with van der Waals surface area (Å²) in [5, 5.41) is 2.74. The Morgan fingerprint density at radius 1 is 1.25 bits per heavy atom. The molecule has 0 bridgehead atoms. The zero-order valence-corrected chi connectivity index (χ0v) is 9.83. The maximum absolute atomic E-state index is 12.8. The molecule has 0 saturated carbocycles. The van der Waals surface area contributed by atoms with Gasteiger partial charge in [-0.1, -0.05) is 0 Å². The van der Waals surface area contributed by atoms with Gasteiger partial charge in [-0.3, -0.25) is 0 Å². The Labute approximate surface area is 99.0 Å². The second kappa shape index (κ2) is 5.52. The molecule has 90 valence electrons. The number of alkyl halides is 3. The molecule has 1 N–H and O–H groups in total. The van der Waals surface area contributed by atoms with Crippen LogP contribution in [0.2, 0.25) is 0 Å². The van der Waals surface area contributed by atoms with Crippen molar-refractivity contribution in [2.24, 2.45) is 0 Å². The molecule has 1 aromatic rings. The molecule has 0 aromatic heterocycles. The molecule has 1 rings (SSSR count). The van der Waals surface area contributed by atoms with Crippen molar-refractivity contribution < 1.29 is 17.6 Å². The van der Waals surface area contributed by atoms with Gasteiger partial charge in [0.05, 0.1) is 5.69 Å². The molecule has 0 amide bonds. The largest absolute Gasteiger partial charge is 0.389 e. The van der Waals surface area contributed by atoms with E-state index in [1.165, 1.54) is 18.2 Å². The van der Waals surface area contributed by atoms with Crippen molar-refractivity contribution in [3.05, 3.63) is 28.5 Å². The van der Waals surface area contributed by atoms with Crippen LogP contribution in [0.4, 0.5) is 23.2 Å². The second-order valence-electron chi connectivity index (χ2n) is 3.27. The van der Waals surface area contributed by atoms with Crippen LogP contribution < -0.4 is 5.32 Å². The third-order valence-corrected chi connectivity index (χ3v) is 2.57. The third-order valence-electron chi connectivity index (χ3n) is 1.88. The van der Waals surface area contributed by atoms with Gasteiger partial charge in [0.25, 0.3) is 0 Å². The van der Waals surface area contributed by atoms with Crippen molar-refractivity contribution in [1.82, 2.24) is 0 Å². The number of hydrogen-bond donors (Lipinski definition) is 1. The number of hydrogen-bond acceptors (Lipinski definition) is 1. The van der Waals surface area contributed by atoms with Gasteiger partial charge in [0.2, 0.25) is 0 Å². The predicted octanol–water partition coefficient (Wildman–Crippen LogP) is 4.34. The lowest BCUT2D eigenvalue weighted by molar-refractivity contribution is -0.134. The summed E-state index contributed by atoms with van der Waals surface area (Å²) in [7, 11) is 0. The summed E-state index contributed by atoms with van der Waals surface area (Å²) >= 11 is 3.17. The number of nitrogens with one attached hydrogen (secondary N) is 1. The van der Waals surface area contributed by atoms with Gasteiger partial charge >= 0.3 is 6.18 Å². The van der Waals surface area contributed by atoms with Crippen LogP contribution >= 0.6 is 15.9 Å². The van der Waals surface area contributed by atoms with Crippen LogP contribution in [0.1, 0.15) is 12.8 Å². The minimum absolute atomic E-state index is 0.0353. The van der Waals surface area contributed by atoms with Crippen molar-refractivity contribution >= 4 is 21.6 Å². The molecule has 0 atom stereocenters. The fraction of sp³-hybridized carbons (Fsp3) is 0.400. The highest BCUT2D eigenvalue weighted by Gasteiger charge is 2.25. The monoisotopic (exact) mass is 299 g/mol. The summed E-state index contributed by atoms with van der Waals surface area (Å²) in [5.41, 5.74) is 0.460. The van der Waals surface area contributed by atoms with E-state index in [1.807, 2.05) is 0 Å². The quantitative estimate of drug-likeness (QED) is 0.644. The van der Waals surface area contributed by atoms with Gasteiger partial charge in [0, 0.05) is 17.4 Å². The van der Waals surface area contributed by atoms with E-state index in [2.05, 4.69) is 21.2 Å². The van der Waals surface area contributed by atoms with E-state index >= 15 is 0 Å². The minimum Gasteiger partial charge on any atom is -0.384 e. The van der Waals surface area contributed by atoms with Gasteiger partial charge in [-0.15, -0.1) is 0 Å². The van der Waals surface area contributed by atoms with Crippen LogP contribution in [-0.4, -0.2) is 12.7 Å². The third kappa shape index (κ3) is 4.83. The number of anilines is 1. The Hall–Kier alpha value is -0.780. The Morgan fingerprint density at radius 2 is 1.94 bits per heavy atom. The number of rotatable bonds is 4. The van der Waals surface area contributed by atoms with E-state index in [-0.39, 0.29) is 13.0 Å². The lowest BCUT2D eigenvalue weighted by Crippen LogP contribution is -2.11. The molecule has 0 aliphatic carbocycles. The summed E-state index contributed by atoms with van der Waals surface area (Å²) in [5.74, 6) is -0.429. The van der Waals surface area contributed by atoms with Gasteiger partial charge in [-0.2, -0.15) is 13.2 Å². The van der Waals surface area contributed by atoms with Crippen molar-refractivity contribution in [3.8, 4) is 0 Å². The molecular formula is C10H10BrF4N. The van der Waals surface area contributed by atoms with Gasteiger partial charge in [-0.05, 0) is 40.5 Å². The smallest absolute Gasteiger partial charge is 0.384 e. The average molecular weight is 300 g/mol. The maximum atomic E-state index is 12.8. The van der Waals surface area contributed by atoms with Crippen molar-refractivity contribution in [3.63, 3.8) is 0 Å². The van der Waals surface area contributed by atoms with E-state index in [0.717, 1.165) is 0 Å². The first-order chi connectivity index (χ1) is 7.38. The fourth-order valence-electron chi connectivity index (χ4n) is 1.14. The van der Waals surface area contributed by atoms with Gasteiger partial charge < -0.3 is 5.32 Å². The minimum atomic E-state index is -4.14. The predicted molar refractivity (Wildman–Crippen MR) is 57.9 cm³/mol. The molecule has 0 heterocycles. The summed E-state index contributed by atoms with van der Waals surface area (Å²) in [4.78, 5) is 0. The Bertz CT molecular complexity index is 351. The topological polar surface area (TPSA) is 12.0 Å². The van der Waals surface area contributed by atoms with Crippen LogP contribution in [0.3, 0.4) is 0 Å². The molecule has 0 radical (unpaired) electrons. The SMILES string of the molecule is Fc1ccc(Br)c(NCCCC(F)(F)F)c1. The van der Waals surface area contributed by atoms with Crippen LogP contribution in [0.15, 0.2) is 22.7 Å². The van der Waals surface area contributed by atoms with Crippen molar-refractivity contribution in [2.45, 2.75) is 19.0 Å². The Balaban J connectivity index is 2.40. The lowest BCUT2D eigenvalue weighted by atomic mass is 10.2. The van der Waals surface area contributed by atoms with E-state index in [9.17, 15) is 17.6 Å². The lowest BCUT2D eigenvalue weighted by Gasteiger charge is -2.09. The fourth-order valence-corrected chi connectivity index (χ4v) is 1.53. The van der Waals surface area contributed by atoms with Crippen molar-refractivity contribution in [2.75, 3.05) is 11.9 Å². The van der Waals surface area contributed by atoms with Crippen molar-refractivity contribution in [1.29, 1.82) is 0 Å². The normalized spacial score (nSPS) is 11.6. The van der Waals surface area contributed by atoms with Crippen LogP contribution in [0, 0.1) is 5.82 Å². The van der Waals surface area contributed by atoms with Crippen LogP contribution in [-0.2, 0) is 0 Å². The summed E-state index contributed by atoms with van der Waals surface area (Å²) < 4.78 is 48.9. The molecule has 0 aliphatic heterocycles. The molecule has 0 unspecified atom stereocenters. The summed E-state index contributed by atoms with van der Waals surface area (Å²) in [6, 6.07) is 4.00. The zero-order valence-electron chi connectivity index (χ0n) is 8.24. The molecular weight excluding hydrogens is 290 g/mol.